The Morgan fingerprint density at radius 2 is 1.38 bits per heavy atom. The van der Waals surface area contributed by atoms with Crippen molar-refractivity contribution in [2.24, 2.45) is 5.73 Å². The minimum atomic E-state index is -4.64. The van der Waals surface area contributed by atoms with E-state index in [1.807, 2.05) is 6.92 Å². The summed E-state index contributed by atoms with van der Waals surface area (Å²) in [6, 6.07) is 0. The van der Waals surface area contributed by atoms with Crippen molar-refractivity contribution in [1.82, 2.24) is 0 Å². The summed E-state index contributed by atoms with van der Waals surface area (Å²) in [6.07, 6.45) is 15.3. The molecule has 0 saturated carbocycles. The molecule has 0 bridgehead atoms. The second kappa shape index (κ2) is 24.6. The van der Waals surface area contributed by atoms with E-state index in [1.165, 1.54) is 64.2 Å². The summed E-state index contributed by atoms with van der Waals surface area (Å²) in [6.45, 7) is 5.00. The fourth-order valence-electron chi connectivity index (χ4n) is 3.18. The molecule has 32 heavy (non-hydrogen) atoms. The van der Waals surface area contributed by atoms with Gasteiger partial charge in [0.15, 0.2) is 0 Å². The number of rotatable bonds is 17. The Morgan fingerprint density at radius 1 is 0.969 bits per heavy atom. The van der Waals surface area contributed by atoms with Crippen LogP contribution in [0.1, 0.15) is 104 Å². The summed E-state index contributed by atoms with van der Waals surface area (Å²) >= 11 is 0.944. The van der Waals surface area contributed by atoms with Crippen LogP contribution >= 0.6 is 7.82 Å². The van der Waals surface area contributed by atoms with Crippen molar-refractivity contribution in [2.75, 3.05) is 13.2 Å². The number of unbranched alkanes of at least 4 members (excludes halogenated alkanes) is 9. The van der Waals surface area contributed by atoms with Crippen molar-refractivity contribution in [3.63, 3.8) is 0 Å². The predicted molar refractivity (Wildman–Crippen MR) is 128 cm³/mol. The topological polar surface area (TPSA) is 182 Å². The molecular formula is C21H47NNaO8P. The van der Waals surface area contributed by atoms with Crippen molar-refractivity contribution in [2.45, 2.75) is 113 Å². The number of carboxylic acids is 1. The zero-order chi connectivity index (χ0) is 25.5. The van der Waals surface area contributed by atoms with Crippen LogP contribution in [-0.4, -0.2) is 82.7 Å². The maximum absolute atomic E-state index is 10.5. The van der Waals surface area contributed by atoms with E-state index in [0.29, 0.717) is 9.59 Å². The van der Waals surface area contributed by atoms with E-state index in [4.69, 9.17) is 35.2 Å². The van der Waals surface area contributed by atoms with Crippen molar-refractivity contribution in [1.29, 1.82) is 0 Å². The normalized spacial score (nSPS) is 13.8. The Labute approximate surface area is 211 Å². The Hall–Kier alpha value is 0.460. The van der Waals surface area contributed by atoms with E-state index in [0.717, 1.165) is 40.9 Å². The third-order valence-electron chi connectivity index (χ3n) is 5.04. The summed E-state index contributed by atoms with van der Waals surface area (Å²) in [4.78, 5) is 32.1. The molecule has 0 aliphatic rings. The van der Waals surface area contributed by atoms with Crippen LogP contribution in [0.25, 0.3) is 0 Å². The molecular weight excluding hydrogens is 448 g/mol. The first kappa shape index (κ1) is 37.0. The largest absolute Gasteiger partial charge is 0.466 e. The summed E-state index contributed by atoms with van der Waals surface area (Å²) in [5.41, 5.74) is 4.21. The molecule has 190 valence electrons. The number of carboxylic acid groups (broad SMARTS) is 1. The fourth-order valence-corrected chi connectivity index (χ4v) is 3.94. The zero-order valence-electron chi connectivity index (χ0n) is 20.4. The monoisotopic (exact) mass is 495 g/mol. The second-order valence-corrected chi connectivity index (χ2v) is 11.1. The molecule has 0 saturated heterocycles. The molecule has 2 unspecified atom stereocenters. The van der Waals surface area contributed by atoms with Crippen LogP contribution in [0.3, 0.4) is 0 Å². The van der Waals surface area contributed by atoms with Crippen molar-refractivity contribution in [3.8, 4) is 0 Å². The number of aliphatic carboxylic acids is 1. The molecule has 0 spiro atoms. The van der Waals surface area contributed by atoms with Crippen LogP contribution < -0.4 is 5.73 Å². The van der Waals surface area contributed by atoms with E-state index >= 15 is 0 Å². The number of carbonyl (C=O) groups is 1. The van der Waals surface area contributed by atoms with Gasteiger partial charge in [0.25, 0.3) is 0 Å². The SMILES string of the molecule is CCCCCCCCCCCCN.CC[CH]([Na])CC(O)(CCO)CC(=O)O.O=P(O)(O)O. The molecule has 0 aromatic carbocycles. The van der Waals surface area contributed by atoms with Gasteiger partial charge in [-0.3, -0.25) is 0 Å². The minimum absolute atomic E-state index is 0.151. The standard InChI is InChI=1S/C12H27N.C9H17O4.Na.H3O4P/c1-2-3-4-5-6-7-8-9-10-11-12-13;1-2-3-4-9(13,5-6-10)7-8(11)12;;1-5(2,3)4/h2-13H2,1H3;3,10,13H,2,4-7H2,1H3,(H,11,12);;(H3,1,2,3,4). The van der Waals surface area contributed by atoms with Gasteiger partial charge in [-0.25, -0.2) is 4.57 Å². The molecule has 0 aliphatic carbocycles. The minimum Gasteiger partial charge on any atom is -0.303 e. The van der Waals surface area contributed by atoms with Gasteiger partial charge < -0.3 is 20.4 Å². The van der Waals surface area contributed by atoms with Gasteiger partial charge >= 0.3 is 110 Å². The molecule has 0 rings (SSSR count). The first-order valence-corrected chi connectivity index (χ1v) is 14.6. The molecule has 0 radical (unpaired) electrons. The molecule has 11 heteroatoms. The van der Waals surface area contributed by atoms with Crippen molar-refractivity contribution >= 4 is 41.7 Å². The van der Waals surface area contributed by atoms with Gasteiger partial charge in [0.1, 0.15) is 0 Å². The number of hydrogen-bond acceptors (Lipinski definition) is 5. The van der Waals surface area contributed by atoms with Gasteiger partial charge in [0, 0.05) is 0 Å². The van der Waals surface area contributed by atoms with Crippen molar-refractivity contribution in [3.05, 3.63) is 0 Å². The quantitative estimate of drug-likeness (QED) is 0.0904. The number of hydrogen-bond donors (Lipinski definition) is 7. The van der Waals surface area contributed by atoms with Crippen LogP contribution in [0.4, 0.5) is 0 Å². The number of nitrogens with two attached hydrogens (primary N) is 1. The predicted octanol–water partition coefficient (Wildman–Crippen LogP) is 3.27. The molecule has 2 atom stereocenters. The van der Waals surface area contributed by atoms with E-state index < -0.39 is 19.4 Å². The van der Waals surface area contributed by atoms with Gasteiger partial charge in [-0.2, -0.15) is 0 Å². The molecule has 0 heterocycles. The zero-order valence-corrected chi connectivity index (χ0v) is 23.3. The molecule has 0 aliphatic heterocycles. The first-order chi connectivity index (χ1) is 14.8. The molecule has 9 nitrogen and oxygen atoms in total. The van der Waals surface area contributed by atoms with E-state index in [-0.39, 0.29) is 19.4 Å². The van der Waals surface area contributed by atoms with Gasteiger partial charge in [-0.1, -0.05) is 64.7 Å². The third kappa shape index (κ3) is 37.8. The Balaban J connectivity index is -0.000000436. The van der Waals surface area contributed by atoms with Crippen molar-refractivity contribution < 1.29 is 39.4 Å². The first-order valence-electron chi connectivity index (χ1n) is 11.9. The van der Waals surface area contributed by atoms with Gasteiger partial charge in [-0.05, 0) is 13.0 Å². The third-order valence-corrected chi connectivity index (χ3v) is 6.27. The average molecular weight is 496 g/mol. The van der Waals surface area contributed by atoms with Crippen LogP contribution in [0, 0.1) is 0 Å². The molecule has 0 fully saturated rings. The smallest absolute Gasteiger partial charge is 0.303 e. The van der Waals surface area contributed by atoms with Gasteiger partial charge in [0.05, 0.1) is 0 Å². The maximum Gasteiger partial charge on any atom is 0.466 e. The summed E-state index contributed by atoms with van der Waals surface area (Å²) in [5, 5.41) is 27.4. The van der Waals surface area contributed by atoms with E-state index in [2.05, 4.69) is 6.92 Å². The Bertz CT molecular complexity index is 449. The van der Waals surface area contributed by atoms with Crippen LogP contribution in [0.2, 0.25) is 3.17 Å². The maximum atomic E-state index is 10.5. The second-order valence-electron chi connectivity index (χ2n) is 8.47. The van der Waals surface area contributed by atoms with Crippen LogP contribution in [0.15, 0.2) is 0 Å². The van der Waals surface area contributed by atoms with E-state index in [9.17, 15) is 9.90 Å². The molecule has 0 aromatic heterocycles. The van der Waals surface area contributed by atoms with Crippen LogP contribution in [0.5, 0.6) is 0 Å². The molecule has 0 aromatic rings. The average Bonchev–Trinajstić information content (AvgIpc) is 2.65. The van der Waals surface area contributed by atoms with Gasteiger partial charge in [-0.15, -0.1) is 0 Å². The summed E-state index contributed by atoms with van der Waals surface area (Å²) in [5.74, 6) is -1.01. The Morgan fingerprint density at radius 3 is 1.69 bits per heavy atom. The van der Waals surface area contributed by atoms with Gasteiger partial charge in [0.2, 0.25) is 0 Å². The Kier molecular flexibility index (Phi) is 28.4. The van der Waals surface area contributed by atoms with E-state index in [1.54, 1.807) is 0 Å². The number of phosphoric acid groups is 1. The molecule has 8 N–H and O–H groups in total. The number of aliphatic hydroxyl groups excluding tert-OH is 1. The molecule has 0 amide bonds. The van der Waals surface area contributed by atoms with Crippen LogP contribution in [-0.2, 0) is 9.36 Å². The number of aliphatic hydroxyl groups is 2. The summed E-state index contributed by atoms with van der Waals surface area (Å²) < 4.78 is 9.29. The summed E-state index contributed by atoms with van der Waals surface area (Å²) in [7, 11) is -4.64. The fraction of sp³-hybridized carbons (Fsp3) is 0.952.